The zero-order valence-corrected chi connectivity index (χ0v) is 10.3. The minimum atomic E-state index is -0.0826. The molecule has 1 N–H and O–H groups in total. The molecular weight excluding hydrogens is 244 g/mol. The first-order chi connectivity index (χ1) is 9.28. The number of rotatable bonds is 3. The number of hydrogen-bond donors (Lipinski definition) is 1. The van der Waals surface area contributed by atoms with Crippen LogP contribution in [0, 0.1) is 6.92 Å². The van der Waals surface area contributed by atoms with Gasteiger partial charge in [-0.2, -0.15) is 14.6 Å². The number of ether oxygens (including phenoxy) is 1. The second-order valence-corrected chi connectivity index (χ2v) is 4.08. The number of fused-ring (bicyclic) bond motifs is 1. The summed E-state index contributed by atoms with van der Waals surface area (Å²) in [5.41, 5.74) is 1.50. The lowest BCUT2D eigenvalue weighted by molar-refractivity contribution is 0.275. The Kier molecular flexibility index (Phi) is 2.85. The summed E-state index contributed by atoms with van der Waals surface area (Å²) in [5, 5.41) is 13.4. The van der Waals surface area contributed by atoms with Gasteiger partial charge in [0.25, 0.3) is 5.78 Å². The molecule has 0 aliphatic carbocycles. The van der Waals surface area contributed by atoms with E-state index >= 15 is 0 Å². The van der Waals surface area contributed by atoms with Crippen LogP contribution in [0.1, 0.15) is 11.3 Å². The van der Waals surface area contributed by atoms with Crippen LogP contribution in [0.5, 0.6) is 11.6 Å². The molecule has 0 saturated carbocycles. The van der Waals surface area contributed by atoms with Crippen molar-refractivity contribution in [3.05, 3.63) is 47.9 Å². The largest absolute Gasteiger partial charge is 0.438 e. The summed E-state index contributed by atoms with van der Waals surface area (Å²) in [6.07, 6.45) is 1.42. The highest BCUT2D eigenvalue weighted by Gasteiger charge is 2.09. The van der Waals surface area contributed by atoms with E-state index in [0.717, 1.165) is 5.69 Å². The maximum absolute atomic E-state index is 9.30. The molecule has 19 heavy (non-hydrogen) atoms. The van der Waals surface area contributed by atoms with Gasteiger partial charge in [0.1, 0.15) is 12.1 Å². The number of nitrogens with zero attached hydrogens (tertiary/aromatic N) is 4. The van der Waals surface area contributed by atoms with Crippen LogP contribution in [-0.2, 0) is 6.61 Å². The van der Waals surface area contributed by atoms with Crippen molar-refractivity contribution in [2.75, 3.05) is 0 Å². The van der Waals surface area contributed by atoms with E-state index < -0.39 is 0 Å². The molecule has 0 radical (unpaired) electrons. The van der Waals surface area contributed by atoms with Gasteiger partial charge < -0.3 is 9.84 Å². The Bertz CT molecular complexity index is 723. The number of aliphatic hydroxyl groups is 1. The van der Waals surface area contributed by atoms with Crippen molar-refractivity contribution < 1.29 is 9.84 Å². The van der Waals surface area contributed by atoms with E-state index in [2.05, 4.69) is 15.1 Å². The Morgan fingerprint density at radius 1 is 1.32 bits per heavy atom. The lowest BCUT2D eigenvalue weighted by Crippen LogP contribution is -2.00. The van der Waals surface area contributed by atoms with Crippen molar-refractivity contribution in [2.45, 2.75) is 13.5 Å². The Balaban J connectivity index is 2.07. The van der Waals surface area contributed by atoms with Crippen LogP contribution in [-0.4, -0.2) is 24.7 Å². The van der Waals surface area contributed by atoms with Crippen LogP contribution >= 0.6 is 0 Å². The lowest BCUT2D eigenvalue weighted by atomic mass is 10.2. The van der Waals surface area contributed by atoms with Crippen molar-refractivity contribution in [3.63, 3.8) is 0 Å². The summed E-state index contributed by atoms with van der Waals surface area (Å²) in [4.78, 5) is 8.28. The second kappa shape index (κ2) is 4.66. The van der Waals surface area contributed by atoms with Crippen LogP contribution in [0.25, 0.3) is 5.78 Å². The highest BCUT2D eigenvalue weighted by molar-refractivity contribution is 5.39. The summed E-state index contributed by atoms with van der Waals surface area (Å²) in [5.74, 6) is 1.59. The molecule has 3 aromatic rings. The predicted molar refractivity (Wildman–Crippen MR) is 68.0 cm³/mol. The molecule has 6 heteroatoms. The molecule has 1 aromatic carbocycles. The average molecular weight is 256 g/mol. The molecule has 6 nitrogen and oxygen atoms in total. The van der Waals surface area contributed by atoms with Crippen molar-refractivity contribution >= 4 is 5.78 Å². The number of hydrogen-bond acceptors (Lipinski definition) is 5. The quantitative estimate of drug-likeness (QED) is 0.772. The van der Waals surface area contributed by atoms with E-state index in [9.17, 15) is 5.11 Å². The molecule has 0 aliphatic heterocycles. The molecule has 3 rings (SSSR count). The van der Waals surface area contributed by atoms with Crippen LogP contribution in [0.3, 0.4) is 0 Å². The molecule has 0 bridgehead atoms. The van der Waals surface area contributed by atoms with E-state index in [-0.39, 0.29) is 6.61 Å². The van der Waals surface area contributed by atoms with E-state index in [1.807, 2.05) is 25.1 Å². The van der Waals surface area contributed by atoms with Crippen LogP contribution in [0.2, 0.25) is 0 Å². The third-order valence-electron chi connectivity index (χ3n) is 2.70. The third kappa shape index (κ3) is 2.13. The molecular formula is C13H12N4O2. The molecule has 0 atom stereocenters. The predicted octanol–water partition coefficient (Wildman–Crippen LogP) is 1.72. The van der Waals surface area contributed by atoms with Crippen LogP contribution < -0.4 is 4.74 Å². The standard InChI is InChI=1S/C13H12N4O2/c1-9-6-12(17-13(16-9)14-8-15-17)19-11-5-3-2-4-10(11)7-18/h2-6,8,18H,7H2,1H3. The monoisotopic (exact) mass is 256 g/mol. The van der Waals surface area contributed by atoms with Gasteiger partial charge in [-0.15, -0.1) is 0 Å². The maximum atomic E-state index is 9.30. The summed E-state index contributed by atoms with van der Waals surface area (Å²) < 4.78 is 7.33. The molecule has 0 spiro atoms. The lowest BCUT2D eigenvalue weighted by Gasteiger charge is -2.10. The summed E-state index contributed by atoms with van der Waals surface area (Å²) in [6, 6.07) is 9.07. The number of aromatic nitrogens is 4. The summed E-state index contributed by atoms with van der Waals surface area (Å²) in [6.45, 7) is 1.78. The van der Waals surface area contributed by atoms with Gasteiger partial charge in [0.05, 0.1) is 6.61 Å². The van der Waals surface area contributed by atoms with Gasteiger partial charge in [-0.1, -0.05) is 18.2 Å². The normalized spacial score (nSPS) is 10.8. The minimum Gasteiger partial charge on any atom is -0.438 e. The van der Waals surface area contributed by atoms with Crippen molar-refractivity contribution in [1.82, 2.24) is 19.6 Å². The van der Waals surface area contributed by atoms with Crippen LogP contribution in [0.4, 0.5) is 0 Å². The van der Waals surface area contributed by atoms with Gasteiger partial charge in [-0.05, 0) is 13.0 Å². The Labute approximate surface area is 109 Å². The SMILES string of the molecule is Cc1cc(Oc2ccccc2CO)n2ncnc2n1. The van der Waals surface area contributed by atoms with Crippen molar-refractivity contribution in [3.8, 4) is 11.6 Å². The Hall–Kier alpha value is -2.47. The average Bonchev–Trinajstić information content (AvgIpc) is 2.87. The highest BCUT2D eigenvalue weighted by atomic mass is 16.5. The molecule has 0 amide bonds. The fraction of sp³-hybridized carbons (Fsp3) is 0.154. The molecule has 2 heterocycles. The molecule has 0 aliphatic rings. The van der Waals surface area contributed by atoms with Gasteiger partial charge in [0.15, 0.2) is 0 Å². The van der Waals surface area contributed by atoms with Gasteiger partial charge in [-0.25, -0.2) is 4.98 Å². The fourth-order valence-corrected chi connectivity index (χ4v) is 1.82. The molecule has 0 saturated heterocycles. The smallest absolute Gasteiger partial charge is 0.255 e. The van der Waals surface area contributed by atoms with Crippen molar-refractivity contribution in [2.24, 2.45) is 0 Å². The zero-order chi connectivity index (χ0) is 13.2. The molecule has 0 unspecified atom stereocenters. The number of benzene rings is 1. The zero-order valence-electron chi connectivity index (χ0n) is 10.3. The number of aliphatic hydroxyl groups excluding tert-OH is 1. The van der Waals surface area contributed by atoms with E-state index in [0.29, 0.717) is 23.0 Å². The van der Waals surface area contributed by atoms with Gasteiger partial charge in [0, 0.05) is 17.3 Å². The van der Waals surface area contributed by atoms with E-state index in [1.165, 1.54) is 10.8 Å². The molecule has 96 valence electrons. The fourth-order valence-electron chi connectivity index (χ4n) is 1.82. The third-order valence-corrected chi connectivity index (χ3v) is 2.70. The Morgan fingerprint density at radius 2 is 2.16 bits per heavy atom. The summed E-state index contributed by atoms with van der Waals surface area (Å²) >= 11 is 0. The van der Waals surface area contributed by atoms with Gasteiger partial charge in [0.2, 0.25) is 5.88 Å². The first kappa shape index (κ1) is 11.6. The molecule has 0 fully saturated rings. The second-order valence-electron chi connectivity index (χ2n) is 4.08. The van der Waals surface area contributed by atoms with Crippen LogP contribution in [0.15, 0.2) is 36.7 Å². The van der Waals surface area contributed by atoms with Gasteiger partial charge >= 0.3 is 0 Å². The summed E-state index contributed by atoms with van der Waals surface area (Å²) in [7, 11) is 0. The van der Waals surface area contributed by atoms with E-state index in [4.69, 9.17) is 4.74 Å². The first-order valence-electron chi connectivity index (χ1n) is 5.82. The van der Waals surface area contributed by atoms with E-state index in [1.54, 1.807) is 12.1 Å². The highest BCUT2D eigenvalue weighted by Crippen LogP contribution is 2.25. The van der Waals surface area contributed by atoms with Gasteiger partial charge in [-0.3, -0.25) is 0 Å². The molecule has 2 aromatic heterocycles. The Morgan fingerprint density at radius 3 is 3.00 bits per heavy atom. The minimum absolute atomic E-state index is 0.0826. The maximum Gasteiger partial charge on any atom is 0.255 e. The topological polar surface area (TPSA) is 72.5 Å². The number of aryl methyl sites for hydroxylation is 1. The first-order valence-corrected chi connectivity index (χ1v) is 5.82. The van der Waals surface area contributed by atoms with Crippen molar-refractivity contribution in [1.29, 1.82) is 0 Å². The number of para-hydroxylation sites is 1.